The zero-order valence-corrected chi connectivity index (χ0v) is 9.64. The predicted octanol–water partition coefficient (Wildman–Crippen LogP) is 2.41. The van der Waals surface area contributed by atoms with Crippen molar-refractivity contribution >= 4 is 18.2 Å². The molecule has 0 spiro atoms. The van der Waals surface area contributed by atoms with Crippen molar-refractivity contribution in [2.24, 2.45) is 0 Å². The topological polar surface area (TPSA) is 29.1 Å². The average Bonchev–Trinajstić information content (AvgIpc) is 2.18. The summed E-state index contributed by atoms with van der Waals surface area (Å²) in [5, 5.41) is 3.37. The third-order valence-electron chi connectivity index (χ3n) is 2.67. The molecule has 15 heavy (non-hydrogen) atoms. The predicted molar refractivity (Wildman–Crippen MR) is 63.4 cm³/mol. The van der Waals surface area contributed by atoms with Crippen molar-refractivity contribution in [3.63, 3.8) is 0 Å². The Morgan fingerprint density at radius 1 is 1.40 bits per heavy atom. The van der Waals surface area contributed by atoms with E-state index in [1.54, 1.807) is 0 Å². The summed E-state index contributed by atoms with van der Waals surface area (Å²) in [6, 6.07) is 8.59. The van der Waals surface area contributed by atoms with Gasteiger partial charge in [0.1, 0.15) is 5.78 Å². The van der Waals surface area contributed by atoms with E-state index in [9.17, 15) is 4.79 Å². The largest absolute Gasteiger partial charge is 0.309 e. The lowest BCUT2D eigenvalue weighted by Gasteiger charge is -2.23. The first kappa shape index (κ1) is 12.2. The minimum absolute atomic E-state index is 0. The maximum atomic E-state index is 11.3. The fraction of sp³-hybridized carbons (Fsp3) is 0.417. The van der Waals surface area contributed by atoms with E-state index in [-0.39, 0.29) is 18.4 Å². The Morgan fingerprint density at radius 3 is 2.87 bits per heavy atom. The molecule has 1 fully saturated rings. The molecule has 0 aromatic heterocycles. The Hall–Kier alpha value is -0.860. The van der Waals surface area contributed by atoms with Gasteiger partial charge in [-0.3, -0.25) is 4.79 Å². The van der Waals surface area contributed by atoms with E-state index >= 15 is 0 Å². The van der Waals surface area contributed by atoms with Gasteiger partial charge in [0.2, 0.25) is 0 Å². The standard InChI is InChI=1S/C12H15NO.ClH/c1-9-3-2-4-10(7-9)12-8-11(14)5-6-13-12;/h2-4,7,12-13H,5-6,8H2,1H3;1H. The molecular weight excluding hydrogens is 210 g/mol. The number of hydrogen-bond donors (Lipinski definition) is 1. The van der Waals surface area contributed by atoms with Crippen molar-refractivity contribution in [2.75, 3.05) is 6.54 Å². The highest BCUT2D eigenvalue weighted by Crippen LogP contribution is 2.21. The van der Waals surface area contributed by atoms with Crippen LogP contribution < -0.4 is 5.32 Å². The molecule has 0 aliphatic carbocycles. The fourth-order valence-electron chi connectivity index (χ4n) is 1.91. The average molecular weight is 226 g/mol. The zero-order chi connectivity index (χ0) is 9.97. The van der Waals surface area contributed by atoms with Crippen molar-refractivity contribution in [3.05, 3.63) is 35.4 Å². The van der Waals surface area contributed by atoms with Crippen LogP contribution in [0.2, 0.25) is 0 Å². The third kappa shape index (κ3) is 3.05. The van der Waals surface area contributed by atoms with Crippen molar-refractivity contribution in [1.82, 2.24) is 5.32 Å². The van der Waals surface area contributed by atoms with Gasteiger partial charge in [-0.1, -0.05) is 29.8 Å². The molecule has 0 saturated carbocycles. The van der Waals surface area contributed by atoms with Crippen LogP contribution >= 0.6 is 12.4 Å². The molecular formula is C12H16ClNO. The summed E-state index contributed by atoms with van der Waals surface area (Å²) in [5.74, 6) is 0.371. The van der Waals surface area contributed by atoms with Crippen molar-refractivity contribution in [2.45, 2.75) is 25.8 Å². The van der Waals surface area contributed by atoms with Crippen LogP contribution in [0.3, 0.4) is 0 Å². The molecule has 0 bridgehead atoms. The van der Waals surface area contributed by atoms with E-state index in [1.807, 2.05) is 6.07 Å². The lowest BCUT2D eigenvalue weighted by molar-refractivity contribution is -0.120. The van der Waals surface area contributed by atoms with E-state index in [1.165, 1.54) is 11.1 Å². The van der Waals surface area contributed by atoms with E-state index in [0.717, 1.165) is 6.54 Å². The quantitative estimate of drug-likeness (QED) is 0.796. The molecule has 1 N–H and O–H groups in total. The second kappa shape index (κ2) is 5.29. The van der Waals surface area contributed by atoms with Gasteiger partial charge in [-0.15, -0.1) is 12.4 Å². The first-order valence-corrected chi connectivity index (χ1v) is 5.07. The van der Waals surface area contributed by atoms with Crippen LogP contribution in [0.1, 0.15) is 30.0 Å². The van der Waals surface area contributed by atoms with Gasteiger partial charge in [-0.2, -0.15) is 0 Å². The van der Waals surface area contributed by atoms with Crippen molar-refractivity contribution in [1.29, 1.82) is 0 Å². The summed E-state index contributed by atoms with van der Waals surface area (Å²) < 4.78 is 0. The zero-order valence-electron chi connectivity index (χ0n) is 8.82. The summed E-state index contributed by atoms with van der Waals surface area (Å²) in [6.45, 7) is 2.89. The van der Waals surface area contributed by atoms with Gasteiger partial charge in [-0.05, 0) is 12.5 Å². The number of benzene rings is 1. The van der Waals surface area contributed by atoms with Gasteiger partial charge in [0.25, 0.3) is 0 Å². The lowest BCUT2D eigenvalue weighted by Crippen LogP contribution is -2.31. The third-order valence-corrected chi connectivity index (χ3v) is 2.67. The van der Waals surface area contributed by atoms with E-state index < -0.39 is 0 Å². The van der Waals surface area contributed by atoms with Crippen LogP contribution in [0, 0.1) is 6.92 Å². The Morgan fingerprint density at radius 2 is 2.20 bits per heavy atom. The molecule has 1 aromatic carbocycles. The number of carbonyl (C=O) groups is 1. The molecule has 1 heterocycles. The van der Waals surface area contributed by atoms with Crippen LogP contribution in [0.15, 0.2) is 24.3 Å². The van der Waals surface area contributed by atoms with Crippen LogP contribution in [0.25, 0.3) is 0 Å². The number of nitrogens with one attached hydrogen (secondary N) is 1. The summed E-state index contributed by atoms with van der Waals surface area (Å²) in [4.78, 5) is 11.3. The smallest absolute Gasteiger partial charge is 0.136 e. The molecule has 1 unspecified atom stereocenters. The number of halogens is 1. The van der Waals surface area contributed by atoms with Gasteiger partial charge in [0.05, 0.1) is 0 Å². The van der Waals surface area contributed by atoms with Gasteiger partial charge in [-0.25, -0.2) is 0 Å². The van der Waals surface area contributed by atoms with Crippen LogP contribution in [0.4, 0.5) is 0 Å². The van der Waals surface area contributed by atoms with Crippen LogP contribution in [0.5, 0.6) is 0 Å². The molecule has 0 amide bonds. The number of hydrogen-bond acceptors (Lipinski definition) is 2. The van der Waals surface area contributed by atoms with E-state index in [2.05, 4.69) is 30.4 Å². The molecule has 2 rings (SSSR count). The van der Waals surface area contributed by atoms with E-state index in [0.29, 0.717) is 18.6 Å². The Bertz CT molecular complexity index is 351. The molecule has 82 valence electrons. The highest BCUT2D eigenvalue weighted by Gasteiger charge is 2.19. The number of ketones is 1. The monoisotopic (exact) mass is 225 g/mol. The second-order valence-corrected chi connectivity index (χ2v) is 3.91. The molecule has 3 heteroatoms. The Labute approximate surface area is 96.5 Å². The van der Waals surface area contributed by atoms with Gasteiger partial charge in [0.15, 0.2) is 0 Å². The Kier molecular flexibility index (Phi) is 4.30. The first-order chi connectivity index (χ1) is 6.75. The molecule has 1 atom stereocenters. The number of aryl methyl sites for hydroxylation is 1. The minimum Gasteiger partial charge on any atom is -0.309 e. The fourth-order valence-corrected chi connectivity index (χ4v) is 1.91. The summed E-state index contributed by atoms with van der Waals surface area (Å²) in [7, 11) is 0. The maximum absolute atomic E-state index is 11.3. The molecule has 0 radical (unpaired) electrons. The molecule has 2 nitrogen and oxygen atoms in total. The molecule has 1 aliphatic heterocycles. The highest BCUT2D eigenvalue weighted by molar-refractivity contribution is 5.85. The Balaban J connectivity index is 0.00000112. The van der Waals surface area contributed by atoms with Crippen LogP contribution in [-0.4, -0.2) is 12.3 Å². The van der Waals surface area contributed by atoms with Gasteiger partial charge >= 0.3 is 0 Å². The molecule has 1 saturated heterocycles. The molecule has 1 aliphatic rings. The lowest BCUT2D eigenvalue weighted by atomic mass is 9.96. The number of rotatable bonds is 1. The number of carbonyl (C=O) groups excluding carboxylic acids is 1. The SMILES string of the molecule is Cc1cccc(C2CC(=O)CCN2)c1.Cl. The normalized spacial score (nSPS) is 20.9. The van der Waals surface area contributed by atoms with Crippen molar-refractivity contribution < 1.29 is 4.79 Å². The maximum Gasteiger partial charge on any atom is 0.136 e. The summed E-state index contributed by atoms with van der Waals surface area (Å²) in [6.07, 6.45) is 1.33. The minimum atomic E-state index is 0. The highest BCUT2D eigenvalue weighted by atomic mass is 35.5. The first-order valence-electron chi connectivity index (χ1n) is 5.07. The summed E-state index contributed by atoms with van der Waals surface area (Å²) in [5.41, 5.74) is 2.49. The van der Waals surface area contributed by atoms with E-state index in [4.69, 9.17) is 0 Å². The van der Waals surface area contributed by atoms with Gasteiger partial charge < -0.3 is 5.32 Å². The number of piperidine rings is 1. The van der Waals surface area contributed by atoms with Crippen molar-refractivity contribution in [3.8, 4) is 0 Å². The van der Waals surface area contributed by atoms with Crippen LogP contribution in [-0.2, 0) is 4.79 Å². The van der Waals surface area contributed by atoms with Gasteiger partial charge in [0, 0.05) is 25.4 Å². The summed E-state index contributed by atoms with van der Waals surface area (Å²) >= 11 is 0. The number of Topliss-reactive ketones (excluding diaryl/α,β-unsaturated/α-hetero) is 1. The second-order valence-electron chi connectivity index (χ2n) is 3.91. The molecule has 1 aromatic rings.